The van der Waals surface area contributed by atoms with Gasteiger partial charge in [0, 0.05) is 13.2 Å². The van der Waals surface area contributed by atoms with Crippen molar-refractivity contribution in [2.45, 2.75) is 13.0 Å². The maximum absolute atomic E-state index is 5.16. The molecular weight excluding hydrogens is 342 g/mol. The standard InChI is InChI=1S/C13H18BrN3O2S/c1-9(8-18-2)16-13(20)17-15-7-10-4-5-12(19-3)11(14)6-10/h4-7,9H,8H2,1-3H3,(H2,16,17,20)/b15-7-/t9-/m1/s1. The van der Waals surface area contributed by atoms with Gasteiger partial charge in [-0.05, 0) is 58.8 Å². The molecule has 0 aromatic heterocycles. The van der Waals surface area contributed by atoms with Gasteiger partial charge in [-0.3, -0.25) is 5.43 Å². The molecule has 0 bridgehead atoms. The highest BCUT2D eigenvalue weighted by Crippen LogP contribution is 2.24. The van der Waals surface area contributed by atoms with Crippen LogP contribution >= 0.6 is 28.1 Å². The average Bonchev–Trinajstić information content (AvgIpc) is 2.39. The summed E-state index contributed by atoms with van der Waals surface area (Å²) in [5.74, 6) is 0.778. The fourth-order valence-corrected chi connectivity index (χ4v) is 2.29. The normalized spacial score (nSPS) is 12.2. The molecule has 1 aromatic rings. The number of nitrogens with one attached hydrogen (secondary N) is 2. The van der Waals surface area contributed by atoms with Gasteiger partial charge in [-0.1, -0.05) is 0 Å². The first-order valence-corrected chi connectivity index (χ1v) is 7.19. The summed E-state index contributed by atoms with van der Waals surface area (Å²) in [4.78, 5) is 0. The molecule has 0 fully saturated rings. The number of ether oxygens (including phenoxy) is 2. The number of methoxy groups -OCH3 is 2. The summed E-state index contributed by atoms with van der Waals surface area (Å²) >= 11 is 8.52. The predicted octanol–water partition coefficient (Wildman–Crippen LogP) is 2.29. The van der Waals surface area contributed by atoms with Crippen molar-refractivity contribution in [1.29, 1.82) is 0 Å². The second kappa shape index (κ2) is 8.89. The molecule has 0 aliphatic heterocycles. The number of halogens is 1. The van der Waals surface area contributed by atoms with Crippen LogP contribution in [0.1, 0.15) is 12.5 Å². The Morgan fingerprint density at radius 2 is 2.25 bits per heavy atom. The second-order valence-electron chi connectivity index (χ2n) is 4.09. The number of hydrazone groups is 1. The summed E-state index contributed by atoms with van der Waals surface area (Å²) in [6.07, 6.45) is 1.68. The monoisotopic (exact) mass is 359 g/mol. The van der Waals surface area contributed by atoms with E-state index < -0.39 is 0 Å². The minimum absolute atomic E-state index is 0.130. The first kappa shape index (κ1) is 16.9. The summed E-state index contributed by atoms with van der Waals surface area (Å²) in [7, 11) is 3.27. The van der Waals surface area contributed by atoms with E-state index in [4.69, 9.17) is 21.7 Å². The van der Waals surface area contributed by atoms with E-state index in [2.05, 4.69) is 31.8 Å². The number of hydrogen-bond donors (Lipinski definition) is 2. The maximum atomic E-state index is 5.16. The molecule has 0 heterocycles. The summed E-state index contributed by atoms with van der Waals surface area (Å²) < 4.78 is 11.0. The van der Waals surface area contributed by atoms with E-state index in [0.29, 0.717) is 11.7 Å². The Balaban J connectivity index is 2.48. The number of hydrogen-bond acceptors (Lipinski definition) is 4. The van der Waals surface area contributed by atoms with E-state index in [1.54, 1.807) is 20.4 Å². The lowest BCUT2D eigenvalue weighted by Gasteiger charge is -2.13. The highest BCUT2D eigenvalue weighted by Gasteiger charge is 2.02. The van der Waals surface area contributed by atoms with E-state index in [0.717, 1.165) is 15.8 Å². The molecule has 0 saturated carbocycles. The summed E-state index contributed by atoms with van der Waals surface area (Å²) in [6, 6.07) is 5.81. The van der Waals surface area contributed by atoms with Crippen molar-refractivity contribution in [3.63, 3.8) is 0 Å². The first-order chi connectivity index (χ1) is 9.56. The van der Waals surface area contributed by atoms with Gasteiger partial charge in [0.15, 0.2) is 5.11 Å². The van der Waals surface area contributed by atoms with Crippen LogP contribution in [0.4, 0.5) is 0 Å². The highest BCUT2D eigenvalue weighted by atomic mass is 79.9. The minimum atomic E-state index is 0.130. The molecule has 1 atom stereocenters. The molecule has 0 unspecified atom stereocenters. The second-order valence-corrected chi connectivity index (χ2v) is 5.36. The van der Waals surface area contributed by atoms with Gasteiger partial charge in [-0.25, -0.2) is 0 Å². The van der Waals surface area contributed by atoms with Crippen LogP contribution in [0.3, 0.4) is 0 Å². The maximum Gasteiger partial charge on any atom is 0.187 e. The van der Waals surface area contributed by atoms with E-state index in [9.17, 15) is 0 Å². The lowest BCUT2D eigenvalue weighted by Crippen LogP contribution is -2.40. The number of nitrogens with zero attached hydrogens (tertiary/aromatic N) is 1. The largest absolute Gasteiger partial charge is 0.496 e. The van der Waals surface area contributed by atoms with Gasteiger partial charge in [0.25, 0.3) is 0 Å². The highest BCUT2D eigenvalue weighted by molar-refractivity contribution is 9.10. The van der Waals surface area contributed by atoms with Crippen molar-refractivity contribution < 1.29 is 9.47 Å². The van der Waals surface area contributed by atoms with E-state index in [1.165, 1.54) is 0 Å². The number of thiocarbonyl (C=S) groups is 1. The fraction of sp³-hybridized carbons (Fsp3) is 0.385. The van der Waals surface area contributed by atoms with E-state index >= 15 is 0 Å². The number of benzene rings is 1. The Kier molecular flexibility index (Phi) is 7.50. The van der Waals surface area contributed by atoms with Gasteiger partial charge in [-0.15, -0.1) is 0 Å². The molecule has 0 aliphatic carbocycles. The predicted molar refractivity (Wildman–Crippen MR) is 88.5 cm³/mol. The average molecular weight is 360 g/mol. The van der Waals surface area contributed by atoms with Gasteiger partial charge in [0.05, 0.1) is 24.4 Å². The van der Waals surface area contributed by atoms with Gasteiger partial charge in [0.1, 0.15) is 5.75 Å². The van der Waals surface area contributed by atoms with E-state index in [-0.39, 0.29) is 6.04 Å². The Morgan fingerprint density at radius 3 is 2.85 bits per heavy atom. The van der Waals surface area contributed by atoms with Gasteiger partial charge in [0.2, 0.25) is 0 Å². The molecule has 1 aromatic carbocycles. The molecule has 5 nitrogen and oxygen atoms in total. The zero-order chi connectivity index (χ0) is 15.0. The smallest absolute Gasteiger partial charge is 0.187 e. The van der Waals surface area contributed by atoms with Crippen molar-refractivity contribution in [2.75, 3.05) is 20.8 Å². The molecule has 0 aliphatic rings. The Bertz CT molecular complexity index is 483. The van der Waals surface area contributed by atoms with Gasteiger partial charge in [-0.2, -0.15) is 5.10 Å². The van der Waals surface area contributed by atoms with Crippen LogP contribution in [-0.2, 0) is 4.74 Å². The fourth-order valence-electron chi connectivity index (χ4n) is 1.48. The lowest BCUT2D eigenvalue weighted by molar-refractivity contribution is 0.179. The van der Waals surface area contributed by atoms with Crippen molar-refractivity contribution in [2.24, 2.45) is 5.10 Å². The zero-order valence-electron chi connectivity index (χ0n) is 11.6. The van der Waals surface area contributed by atoms with Crippen LogP contribution in [-0.4, -0.2) is 38.2 Å². The molecule has 2 N–H and O–H groups in total. The summed E-state index contributed by atoms with van der Waals surface area (Å²) in [6.45, 7) is 2.55. The summed E-state index contributed by atoms with van der Waals surface area (Å²) in [5.41, 5.74) is 3.68. The lowest BCUT2D eigenvalue weighted by atomic mass is 10.2. The third-order valence-corrected chi connectivity index (χ3v) is 3.18. The summed E-state index contributed by atoms with van der Waals surface area (Å²) in [5, 5.41) is 7.58. The third-order valence-electron chi connectivity index (χ3n) is 2.35. The van der Waals surface area contributed by atoms with Crippen molar-refractivity contribution in [3.05, 3.63) is 28.2 Å². The molecule has 7 heteroatoms. The molecule has 110 valence electrons. The van der Waals surface area contributed by atoms with Crippen LogP contribution < -0.4 is 15.5 Å². The molecule has 0 spiro atoms. The molecule has 0 saturated heterocycles. The molecule has 1 rings (SSSR count). The molecule has 0 amide bonds. The third kappa shape index (κ3) is 5.85. The van der Waals surface area contributed by atoms with Crippen LogP contribution in [0.25, 0.3) is 0 Å². The van der Waals surface area contributed by atoms with Crippen molar-refractivity contribution >= 4 is 39.5 Å². The molecular formula is C13H18BrN3O2S. The SMILES string of the molecule is COC[C@@H](C)NC(=S)N/N=C\c1ccc(OC)c(Br)c1. The Morgan fingerprint density at radius 1 is 1.50 bits per heavy atom. The van der Waals surface area contributed by atoms with Crippen molar-refractivity contribution in [3.8, 4) is 5.75 Å². The Hall–Kier alpha value is -1.18. The van der Waals surface area contributed by atoms with Crippen LogP contribution in [0, 0.1) is 0 Å². The van der Waals surface area contributed by atoms with Crippen molar-refractivity contribution in [1.82, 2.24) is 10.7 Å². The van der Waals surface area contributed by atoms with Crippen LogP contribution in [0.15, 0.2) is 27.8 Å². The zero-order valence-corrected chi connectivity index (χ0v) is 14.0. The molecule has 20 heavy (non-hydrogen) atoms. The van der Waals surface area contributed by atoms with Gasteiger partial charge < -0.3 is 14.8 Å². The topological polar surface area (TPSA) is 54.9 Å². The van der Waals surface area contributed by atoms with Gasteiger partial charge >= 0.3 is 0 Å². The number of rotatable bonds is 6. The van der Waals surface area contributed by atoms with Crippen LogP contribution in [0.5, 0.6) is 5.75 Å². The Labute approximate surface area is 132 Å². The minimum Gasteiger partial charge on any atom is -0.496 e. The van der Waals surface area contributed by atoms with Crippen LogP contribution in [0.2, 0.25) is 0 Å². The first-order valence-electron chi connectivity index (χ1n) is 5.99. The quantitative estimate of drug-likeness (QED) is 0.463. The van der Waals surface area contributed by atoms with E-state index in [1.807, 2.05) is 25.1 Å². The molecule has 0 radical (unpaired) electrons.